The van der Waals surface area contributed by atoms with Crippen LogP contribution in [0.25, 0.3) is 6.08 Å². The first-order chi connectivity index (χ1) is 9.59. The molecule has 0 saturated heterocycles. The molecule has 0 aromatic heterocycles. The Bertz CT molecular complexity index is 694. The maximum absolute atomic E-state index is 11.9. The Morgan fingerprint density at radius 1 is 1.05 bits per heavy atom. The lowest BCUT2D eigenvalue weighted by atomic mass is 10.2. The maximum Gasteiger partial charge on any atom is 0.255 e. The Kier molecular flexibility index (Phi) is 4.42. The molecule has 4 nitrogen and oxygen atoms in total. The number of ether oxygens (including phenoxy) is 1. The fourth-order valence-electron chi connectivity index (χ4n) is 1.62. The normalized spacial score (nSPS) is 11.4. The molecule has 104 valence electrons. The minimum atomic E-state index is -3.54. The highest BCUT2D eigenvalue weighted by atomic mass is 32.2. The van der Waals surface area contributed by atoms with E-state index >= 15 is 0 Å². The van der Waals surface area contributed by atoms with Gasteiger partial charge in [-0.3, -0.25) is 4.72 Å². The Balaban J connectivity index is 2.13. The summed E-state index contributed by atoms with van der Waals surface area (Å²) >= 11 is 0. The molecule has 0 heterocycles. The Hall–Kier alpha value is -2.27. The smallest absolute Gasteiger partial charge is 0.255 e. The van der Waals surface area contributed by atoms with E-state index in [4.69, 9.17) is 4.74 Å². The zero-order valence-electron chi connectivity index (χ0n) is 11.0. The molecular formula is C15H15NO3S. The van der Waals surface area contributed by atoms with E-state index in [1.165, 1.54) is 7.11 Å². The van der Waals surface area contributed by atoms with Gasteiger partial charge < -0.3 is 4.74 Å². The van der Waals surface area contributed by atoms with Gasteiger partial charge in [-0.1, -0.05) is 36.4 Å². The van der Waals surface area contributed by atoms with Crippen molar-refractivity contribution in [3.8, 4) is 5.75 Å². The van der Waals surface area contributed by atoms with Crippen molar-refractivity contribution in [3.05, 3.63) is 65.6 Å². The van der Waals surface area contributed by atoms with E-state index in [9.17, 15) is 8.42 Å². The van der Waals surface area contributed by atoms with Gasteiger partial charge in [0.25, 0.3) is 10.0 Å². The average Bonchev–Trinajstić information content (AvgIpc) is 2.46. The lowest BCUT2D eigenvalue weighted by Gasteiger charge is -2.06. The Morgan fingerprint density at radius 2 is 1.80 bits per heavy atom. The standard InChI is InChI=1S/C15H15NO3S/c1-19-15-9-5-8-14(12-15)16-20(17,18)11-10-13-6-3-2-4-7-13/h2-12,16H,1H3/b11-10+. The zero-order valence-corrected chi connectivity index (χ0v) is 11.8. The SMILES string of the molecule is COc1cccc(NS(=O)(=O)/C=C/c2ccccc2)c1. The molecule has 0 amide bonds. The number of sulfonamides is 1. The average molecular weight is 289 g/mol. The topological polar surface area (TPSA) is 55.4 Å². The quantitative estimate of drug-likeness (QED) is 0.920. The summed E-state index contributed by atoms with van der Waals surface area (Å²) in [4.78, 5) is 0. The van der Waals surface area contributed by atoms with Gasteiger partial charge in [0.2, 0.25) is 0 Å². The first kappa shape index (κ1) is 14.1. The molecule has 0 aliphatic rings. The van der Waals surface area contributed by atoms with Crippen LogP contribution in [0.4, 0.5) is 5.69 Å². The van der Waals surface area contributed by atoms with Crippen LogP contribution in [0.3, 0.4) is 0 Å². The number of methoxy groups -OCH3 is 1. The molecule has 5 heteroatoms. The molecule has 2 aromatic rings. The second-order valence-electron chi connectivity index (χ2n) is 4.09. The first-order valence-electron chi connectivity index (χ1n) is 5.99. The highest BCUT2D eigenvalue weighted by Gasteiger charge is 2.06. The van der Waals surface area contributed by atoms with E-state index in [1.54, 1.807) is 30.3 Å². The summed E-state index contributed by atoms with van der Waals surface area (Å²) in [5.74, 6) is 0.595. The van der Waals surface area contributed by atoms with Crippen LogP contribution in [-0.4, -0.2) is 15.5 Å². The van der Waals surface area contributed by atoms with Crippen LogP contribution in [0.15, 0.2) is 60.0 Å². The molecule has 0 atom stereocenters. The molecule has 1 N–H and O–H groups in total. The van der Waals surface area contributed by atoms with Crippen LogP contribution >= 0.6 is 0 Å². The Labute approximate surface area is 118 Å². The predicted molar refractivity (Wildman–Crippen MR) is 81.0 cm³/mol. The van der Waals surface area contributed by atoms with Gasteiger partial charge in [0.1, 0.15) is 5.75 Å². The summed E-state index contributed by atoms with van der Waals surface area (Å²) in [7, 11) is -2.01. The lowest BCUT2D eigenvalue weighted by molar-refractivity contribution is 0.415. The van der Waals surface area contributed by atoms with E-state index in [1.807, 2.05) is 30.3 Å². The van der Waals surface area contributed by atoms with E-state index in [0.29, 0.717) is 11.4 Å². The fourth-order valence-corrected chi connectivity index (χ4v) is 2.48. The lowest BCUT2D eigenvalue weighted by Crippen LogP contribution is -2.08. The minimum Gasteiger partial charge on any atom is -0.497 e. The number of hydrogen-bond donors (Lipinski definition) is 1. The number of nitrogens with one attached hydrogen (secondary N) is 1. The molecule has 0 aliphatic heterocycles. The number of rotatable bonds is 5. The van der Waals surface area contributed by atoms with Gasteiger partial charge >= 0.3 is 0 Å². The molecule has 0 unspecified atom stereocenters. The summed E-state index contributed by atoms with van der Waals surface area (Å²) in [5.41, 5.74) is 1.28. The Morgan fingerprint density at radius 3 is 2.50 bits per heavy atom. The van der Waals surface area contributed by atoms with Gasteiger partial charge in [0, 0.05) is 6.07 Å². The van der Waals surface area contributed by atoms with Crippen LogP contribution in [-0.2, 0) is 10.0 Å². The van der Waals surface area contributed by atoms with Crippen molar-refractivity contribution in [2.75, 3.05) is 11.8 Å². The summed E-state index contributed by atoms with van der Waals surface area (Å²) in [5, 5.41) is 1.14. The van der Waals surface area contributed by atoms with Crippen molar-refractivity contribution >= 4 is 21.8 Å². The molecule has 0 bridgehead atoms. The van der Waals surface area contributed by atoms with Crippen molar-refractivity contribution in [2.45, 2.75) is 0 Å². The van der Waals surface area contributed by atoms with Gasteiger partial charge in [-0.15, -0.1) is 0 Å². The molecule has 20 heavy (non-hydrogen) atoms. The summed E-state index contributed by atoms with van der Waals surface area (Å²) in [6, 6.07) is 16.0. The molecular weight excluding hydrogens is 274 g/mol. The van der Waals surface area contributed by atoms with Crippen LogP contribution in [0.2, 0.25) is 0 Å². The van der Waals surface area contributed by atoms with Gasteiger partial charge in [0.15, 0.2) is 0 Å². The third kappa shape index (κ3) is 4.13. The maximum atomic E-state index is 11.9. The zero-order chi connectivity index (χ0) is 14.4. The van der Waals surface area contributed by atoms with E-state index in [2.05, 4.69) is 4.72 Å². The van der Waals surface area contributed by atoms with Crippen LogP contribution in [0, 0.1) is 0 Å². The molecule has 0 saturated carbocycles. The van der Waals surface area contributed by atoms with Crippen LogP contribution in [0.5, 0.6) is 5.75 Å². The minimum absolute atomic E-state index is 0.460. The van der Waals surface area contributed by atoms with Crippen molar-refractivity contribution in [1.29, 1.82) is 0 Å². The monoisotopic (exact) mass is 289 g/mol. The highest BCUT2D eigenvalue weighted by Crippen LogP contribution is 2.18. The predicted octanol–water partition coefficient (Wildman–Crippen LogP) is 3.11. The largest absolute Gasteiger partial charge is 0.497 e. The van der Waals surface area contributed by atoms with E-state index in [-0.39, 0.29) is 0 Å². The molecule has 0 fully saturated rings. The molecule has 0 aliphatic carbocycles. The summed E-state index contributed by atoms with van der Waals surface area (Å²) in [6.45, 7) is 0. The molecule has 2 rings (SSSR count). The summed E-state index contributed by atoms with van der Waals surface area (Å²) in [6.07, 6.45) is 1.54. The molecule has 0 radical (unpaired) electrons. The first-order valence-corrected chi connectivity index (χ1v) is 7.54. The number of benzene rings is 2. The van der Waals surface area contributed by atoms with Gasteiger partial charge in [0.05, 0.1) is 18.2 Å². The number of anilines is 1. The van der Waals surface area contributed by atoms with Crippen LogP contribution in [0.1, 0.15) is 5.56 Å². The number of hydrogen-bond acceptors (Lipinski definition) is 3. The van der Waals surface area contributed by atoms with Crippen molar-refractivity contribution in [3.63, 3.8) is 0 Å². The molecule has 0 spiro atoms. The van der Waals surface area contributed by atoms with Crippen LogP contribution < -0.4 is 9.46 Å². The van der Waals surface area contributed by atoms with E-state index in [0.717, 1.165) is 11.0 Å². The second-order valence-corrected chi connectivity index (χ2v) is 5.66. The van der Waals surface area contributed by atoms with Gasteiger partial charge in [-0.2, -0.15) is 0 Å². The fraction of sp³-hybridized carbons (Fsp3) is 0.0667. The van der Waals surface area contributed by atoms with Crippen molar-refractivity contribution < 1.29 is 13.2 Å². The highest BCUT2D eigenvalue weighted by molar-refractivity contribution is 7.95. The van der Waals surface area contributed by atoms with Gasteiger partial charge in [-0.25, -0.2) is 8.42 Å². The molecule has 2 aromatic carbocycles. The third-order valence-corrected chi connectivity index (χ3v) is 3.58. The third-order valence-electron chi connectivity index (χ3n) is 2.57. The van der Waals surface area contributed by atoms with Crippen molar-refractivity contribution in [1.82, 2.24) is 0 Å². The van der Waals surface area contributed by atoms with Crippen molar-refractivity contribution in [2.24, 2.45) is 0 Å². The van der Waals surface area contributed by atoms with E-state index < -0.39 is 10.0 Å². The second kappa shape index (κ2) is 6.25. The van der Waals surface area contributed by atoms with Gasteiger partial charge in [-0.05, 0) is 23.8 Å². The summed E-state index contributed by atoms with van der Waals surface area (Å²) < 4.78 is 31.4.